The summed E-state index contributed by atoms with van der Waals surface area (Å²) >= 11 is 0. The monoisotopic (exact) mass is 393 g/mol. The predicted octanol–water partition coefficient (Wildman–Crippen LogP) is 1.00. The highest BCUT2D eigenvalue weighted by Gasteiger charge is 2.50. The minimum atomic E-state index is -1.35. The van der Waals surface area contributed by atoms with Gasteiger partial charge < -0.3 is 28.8 Å². The third-order valence-corrected chi connectivity index (χ3v) is 4.55. The predicted molar refractivity (Wildman–Crippen MR) is 99.2 cm³/mol. The zero-order chi connectivity index (χ0) is 20.6. The standard InChI is InChI=1S/C19H23NO8/c1-9(21)20-14-8-12(22)11-7-10(5-6-13(11)27-14)26-18-16(24)15(23)17(25-4)19(2,3)28-18/h5-8,15-18,23-24H,1-4H3,(H,20,21)/t15-,16+,17+,18+/m0/s1. The summed E-state index contributed by atoms with van der Waals surface area (Å²) in [7, 11) is 1.42. The number of benzene rings is 1. The van der Waals surface area contributed by atoms with Crippen molar-refractivity contribution in [3.05, 3.63) is 34.5 Å². The molecule has 0 aliphatic carbocycles. The van der Waals surface area contributed by atoms with E-state index in [4.69, 9.17) is 18.6 Å². The van der Waals surface area contributed by atoms with Crippen LogP contribution in [0.3, 0.4) is 0 Å². The maximum absolute atomic E-state index is 12.3. The number of carbonyl (C=O) groups is 1. The molecule has 0 radical (unpaired) electrons. The van der Waals surface area contributed by atoms with Crippen LogP contribution in [0, 0.1) is 0 Å². The number of ether oxygens (including phenoxy) is 3. The molecule has 0 saturated carbocycles. The van der Waals surface area contributed by atoms with E-state index >= 15 is 0 Å². The van der Waals surface area contributed by atoms with E-state index in [9.17, 15) is 19.8 Å². The Morgan fingerprint density at radius 1 is 1.21 bits per heavy atom. The third-order valence-electron chi connectivity index (χ3n) is 4.55. The van der Waals surface area contributed by atoms with Gasteiger partial charge in [-0.1, -0.05) is 0 Å². The highest BCUT2D eigenvalue weighted by Crippen LogP contribution is 2.33. The van der Waals surface area contributed by atoms with Gasteiger partial charge in [0, 0.05) is 20.1 Å². The molecular weight excluding hydrogens is 370 g/mol. The minimum absolute atomic E-state index is 0.0418. The molecule has 1 aromatic carbocycles. The SMILES string of the molecule is CO[C@@H]1[C@@H](O)[C@@H](O)[C@H](Oc2ccc3oc(NC(C)=O)cc(=O)c3c2)OC1(C)C. The van der Waals surface area contributed by atoms with Gasteiger partial charge >= 0.3 is 0 Å². The second kappa shape index (κ2) is 7.51. The van der Waals surface area contributed by atoms with Gasteiger partial charge in [-0.15, -0.1) is 0 Å². The highest BCUT2D eigenvalue weighted by atomic mass is 16.7. The van der Waals surface area contributed by atoms with E-state index in [1.54, 1.807) is 13.8 Å². The van der Waals surface area contributed by atoms with Crippen LogP contribution in [-0.4, -0.2) is 53.4 Å². The van der Waals surface area contributed by atoms with Gasteiger partial charge in [-0.2, -0.15) is 0 Å². The van der Waals surface area contributed by atoms with Crippen LogP contribution in [0.4, 0.5) is 5.88 Å². The van der Waals surface area contributed by atoms with E-state index in [-0.39, 0.29) is 33.9 Å². The smallest absolute Gasteiger partial charge is 0.229 e. The maximum Gasteiger partial charge on any atom is 0.229 e. The van der Waals surface area contributed by atoms with Crippen molar-refractivity contribution in [1.29, 1.82) is 0 Å². The highest BCUT2D eigenvalue weighted by molar-refractivity contribution is 5.88. The average molecular weight is 393 g/mol. The summed E-state index contributed by atoms with van der Waals surface area (Å²) in [6, 6.07) is 5.64. The largest absolute Gasteiger partial charge is 0.462 e. The summed E-state index contributed by atoms with van der Waals surface area (Å²) in [5.41, 5.74) is -1.03. The second-order valence-corrected chi connectivity index (χ2v) is 7.16. The number of hydrogen-bond acceptors (Lipinski definition) is 8. The summed E-state index contributed by atoms with van der Waals surface area (Å²) in [4.78, 5) is 23.5. The molecule has 3 N–H and O–H groups in total. The number of fused-ring (bicyclic) bond motifs is 1. The molecule has 1 aromatic heterocycles. The van der Waals surface area contributed by atoms with Crippen LogP contribution in [0.15, 0.2) is 33.5 Å². The van der Waals surface area contributed by atoms with Crippen LogP contribution < -0.4 is 15.5 Å². The number of rotatable bonds is 4. The van der Waals surface area contributed by atoms with Gasteiger partial charge in [0.15, 0.2) is 5.43 Å². The molecule has 2 aromatic rings. The van der Waals surface area contributed by atoms with Gasteiger partial charge in [0.25, 0.3) is 0 Å². The Hall–Kier alpha value is -2.46. The number of anilines is 1. The molecule has 1 fully saturated rings. The zero-order valence-electron chi connectivity index (χ0n) is 16.0. The Kier molecular flexibility index (Phi) is 5.44. The van der Waals surface area contributed by atoms with Crippen LogP contribution in [0.1, 0.15) is 20.8 Å². The average Bonchev–Trinajstić information content (AvgIpc) is 2.59. The van der Waals surface area contributed by atoms with Crippen LogP contribution in [0.25, 0.3) is 11.0 Å². The van der Waals surface area contributed by atoms with E-state index in [2.05, 4.69) is 5.32 Å². The lowest BCUT2D eigenvalue weighted by Crippen LogP contribution is -2.63. The minimum Gasteiger partial charge on any atom is -0.462 e. The molecule has 152 valence electrons. The zero-order valence-corrected chi connectivity index (χ0v) is 16.0. The lowest BCUT2D eigenvalue weighted by Gasteiger charge is -2.46. The fourth-order valence-electron chi connectivity index (χ4n) is 3.28. The molecular formula is C19H23NO8. The van der Waals surface area contributed by atoms with Crippen molar-refractivity contribution < 1.29 is 33.6 Å². The molecule has 1 saturated heterocycles. The van der Waals surface area contributed by atoms with Gasteiger partial charge in [-0.25, -0.2) is 0 Å². The Balaban J connectivity index is 1.87. The number of hydrogen-bond donors (Lipinski definition) is 3. The van der Waals surface area contributed by atoms with Gasteiger partial charge in [-0.05, 0) is 32.0 Å². The Morgan fingerprint density at radius 3 is 2.57 bits per heavy atom. The third kappa shape index (κ3) is 3.88. The van der Waals surface area contributed by atoms with Crippen molar-refractivity contribution in [2.75, 3.05) is 12.4 Å². The second-order valence-electron chi connectivity index (χ2n) is 7.16. The van der Waals surface area contributed by atoms with E-state index in [1.807, 2.05) is 0 Å². The summed E-state index contributed by atoms with van der Waals surface area (Å²) in [5.74, 6) is -0.0726. The van der Waals surface area contributed by atoms with Crippen molar-refractivity contribution in [3.8, 4) is 5.75 Å². The Labute approximate surface area is 160 Å². The number of amides is 1. The summed E-state index contributed by atoms with van der Waals surface area (Å²) < 4.78 is 22.1. The molecule has 1 amide bonds. The van der Waals surface area contributed by atoms with Crippen LogP contribution >= 0.6 is 0 Å². The van der Waals surface area contributed by atoms with Crippen molar-refractivity contribution in [1.82, 2.24) is 0 Å². The summed E-state index contributed by atoms with van der Waals surface area (Å²) in [6.07, 6.45) is -4.48. The quantitative estimate of drug-likeness (QED) is 0.702. The van der Waals surface area contributed by atoms with E-state index in [0.29, 0.717) is 0 Å². The molecule has 0 unspecified atom stereocenters. The molecule has 1 aliphatic rings. The molecule has 1 aliphatic heterocycles. The molecule has 9 heteroatoms. The first kappa shape index (κ1) is 20.3. The number of aliphatic hydroxyl groups is 2. The van der Waals surface area contributed by atoms with Crippen LogP contribution in [0.2, 0.25) is 0 Å². The van der Waals surface area contributed by atoms with Crippen LogP contribution in [-0.2, 0) is 14.3 Å². The number of methoxy groups -OCH3 is 1. The maximum atomic E-state index is 12.3. The first-order chi connectivity index (χ1) is 13.1. The number of carbonyl (C=O) groups excluding carboxylic acids is 1. The van der Waals surface area contributed by atoms with Crippen molar-refractivity contribution >= 4 is 22.8 Å². The molecule has 3 rings (SSSR count). The van der Waals surface area contributed by atoms with Crippen molar-refractivity contribution in [3.63, 3.8) is 0 Å². The lowest BCUT2D eigenvalue weighted by molar-refractivity contribution is -0.305. The molecule has 9 nitrogen and oxygen atoms in total. The Morgan fingerprint density at radius 2 is 1.93 bits per heavy atom. The first-order valence-electron chi connectivity index (χ1n) is 8.71. The van der Waals surface area contributed by atoms with E-state index < -0.39 is 30.2 Å². The normalized spacial score (nSPS) is 26.8. The van der Waals surface area contributed by atoms with Gasteiger partial charge in [0.2, 0.25) is 18.1 Å². The Bertz CT molecular complexity index is 937. The number of nitrogens with one attached hydrogen (secondary N) is 1. The summed E-state index contributed by atoms with van der Waals surface area (Å²) in [6.45, 7) is 4.73. The molecule has 0 spiro atoms. The summed E-state index contributed by atoms with van der Waals surface area (Å²) in [5, 5.41) is 23.3. The van der Waals surface area contributed by atoms with Crippen LogP contribution in [0.5, 0.6) is 5.75 Å². The first-order valence-corrected chi connectivity index (χ1v) is 8.71. The number of aliphatic hydroxyl groups excluding tert-OH is 2. The van der Waals surface area contributed by atoms with Crippen molar-refractivity contribution in [2.45, 2.75) is 51.0 Å². The fraction of sp³-hybridized carbons (Fsp3) is 0.474. The fourth-order valence-corrected chi connectivity index (χ4v) is 3.28. The van der Waals surface area contributed by atoms with Gasteiger partial charge in [0.1, 0.15) is 29.6 Å². The van der Waals surface area contributed by atoms with E-state index in [1.165, 1.54) is 32.2 Å². The van der Waals surface area contributed by atoms with Gasteiger partial charge in [0.05, 0.1) is 11.0 Å². The molecule has 4 atom stereocenters. The van der Waals surface area contributed by atoms with Crippen molar-refractivity contribution in [2.24, 2.45) is 0 Å². The lowest BCUT2D eigenvalue weighted by atomic mass is 9.89. The molecule has 2 heterocycles. The van der Waals surface area contributed by atoms with Gasteiger partial charge in [-0.3, -0.25) is 14.9 Å². The molecule has 28 heavy (non-hydrogen) atoms. The van der Waals surface area contributed by atoms with E-state index in [0.717, 1.165) is 6.07 Å². The molecule has 0 bridgehead atoms. The topological polar surface area (TPSA) is 127 Å².